The van der Waals surface area contributed by atoms with Gasteiger partial charge < -0.3 is 11.1 Å². The number of hydrogen-bond donors (Lipinski definition) is 3. The summed E-state index contributed by atoms with van der Waals surface area (Å²) in [6.45, 7) is -0.274. The number of aromatic amines is 1. The van der Waals surface area contributed by atoms with E-state index in [1.54, 1.807) is 24.3 Å². The summed E-state index contributed by atoms with van der Waals surface area (Å²) in [5, 5.41) is 2.41. The minimum Gasteiger partial charge on any atom is -0.399 e. The van der Waals surface area contributed by atoms with Gasteiger partial charge in [0.2, 0.25) is 5.91 Å². The Kier molecular flexibility index (Phi) is 3.90. The second-order valence-corrected chi connectivity index (χ2v) is 4.45. The first-order valence-corrected chi connectivity index (χ1v) is 5.98. The van der Waals surface area contributed by atoms with Crippen LogP contribution in [0.3, 0.4) is 0 Å². The van der Waals surface area contributed by atoms with Gasteiger partial charge in [0.05, 0.1) is 0 Å². The maximum atomic E-state index is 11.8. The number of amides is 1. The number of carbonyl (C=O) groups excluding carboxylic acids is 1. The summed E-state index contributed by atoms with van der Waals surface area (Å²) in [4.78, 5) is 36.4. The number of anilines is 2. The number of nitrogens with one attached hydrogen (secondary N) is 2. The molecular formula is C12H11ClN4O3. The van der Waals surface area contributed by atoms with Crippen molar-refractivity contribution in [2.24, 2.45) is 0 Å². The molecule has 104 valence electrons. The van der Waals surface area contributed by atoms with E-state index >= 15 is 0 Å². The summed E-state index contributed by atoms with van der Waals surface area (Å²) in [5.41, 5.74) is 5.21. The summed E-state index contributed by atoms with van der Waals surface area (Å²) in [5.74, 6) is -0.444. The molecule has 0 bridgehead atoms. The van der Waals surface area contributed by atoms with Gasteiger partial charge in [-0.3, -0.25) is 19.1 Å². The molecule has 2 rings (SSSR count). The Morgan fingerprint density at radius 3 is 2.85 bits per heavy atom. The fourth-order valence-corrected chi connectivity index (χ4v) is 1.74. The van der Waals surface area contributed by atoms with Crippen LogP contribution >= 0.6 is 11.6 Å². The predicted octanol–water partition coefficient (Wildman–Crippen LogP) is 0.411. The molecule has 0 aliphatic carbocycles. The van der Waals surface area contributed by atoms with Gasteiger partial charge in [-0.25, -0.2) is 4.79 Å². The van der Waals surface area contributed by atoms with Gasteiger partial charge in [0.25, 0.3) is 5.56 Å². The normalized spacial score (nSPS) is 10.2. The molecule has 0 spiro atoms. The summed E-state index contributed by atoms with van der Waals surface area (Å²) >= 11 is 5.60. The Bertz CT molecular complexity index is 766. The molecule has 0 radical (unpaired) electrons. The summed E-state index contributed by atoms with van der Waals surface area (Å²) in [6, 6.07) is 6.62. The lowest BCUT2D eigenvalue weighted by Gasteiger charge is -2.07. The van der Waals surface area contributed by atoms with Crippen LogP contribution in [0.2, 0.25) is 5.02 Å². The molecule has 1 aromatic heterocycles. The molecule has 0 fully saturated rings. The smallest absolute Gasteiger partial charge is 0.328 e. The number of benzene rings is 1. The minimum absolute atomic E-state index is 0.165. The van der Waals surface area contributed by atoms with Crippen LogP contribution < -0.4 is 22.3 Å². The highest BCUT2D eigenvalue weighted by Gasteiger charge is 2.07. The second-order valence-electron chi connectivity index (χ2n) is 4.04. The standard InChI is InChI=1S/C12H11ClN4O3/c13-9-5-17(12(20)16-11(9)19)6-10(18)15-8-3-1-2-7(14)4-8/h1-5H,6,14H2,(H,15,18)(H,16,19,20). The summed E-state index contributed by atoms with van der Waals surface area (Å²) in [7, 11) is 0. The van der Waals surface area contributed by atoms with Crippen molar-refractivity contribution in [2.45, 2.75) is 6.54 Å². The van der Waals surface area contributed by atoms with Gasteiger partial charge >= 0.3 is 5.69 Å². The molecule has 1 heterocycles. The van der Waals surface area contributed by atoms with E-state index in [4.69, 9.17) is 17.3 Å². The average molecular weight is 295 g/mol. The zero-order valence-electron chi connectivity index (χ0n) is 10.2. The molecule has 0 atom stereocenters. The molecule has 0 aliphatic rings. The van der Waals surface area contributed by atoms with Crippen LogP contribution in [0, 0.1) is 0 Å². The van der Waals surface area contributed by atoms with Crippen molar-refractivity contribution < 1.29 is 4.79 Å². The third-order valence-electron chi connectivity index (χ3n) is 2.45. The number of hydrogen-bond acceptors (Lipinski definition) is 4. The first-order valence-electron chi connectivity index (χ1n) is 5.60. The lowest BCUT2D eigenvalue weighted by molar-refractivity contribution is -0.116. The van der Waals surface area contributed by atoms with Gasteiger partial charge in [-0.1, -0.05) is 17.7 Å². The molecule has 4 N–H and O–H groups in total. The molecule has 8 heteroatoms. The maximum absolute atomic E-state index is 11.8. The molecule has 0 aliphatic heterocycles. The SMILES string of the molecule is Nc1cccc(NC(=O)Cn2cc(Cl)c(=O)[nH]c2=O)c1. The molecular weight excluding hydrogens is 284 g/mol. The minimum atomic E-state index is -0.706. The van der Waals surface area contributed by atoms with Crippen LogP contribution in [0.4, 0.5) is 11.4 Å². The quantitative estimate of drug-likeness (QED) is 0.712. The van der Waals surface area contributed by atoms with Crippen LogP contribution in [0.15, 0.2) is 40.1 Å². The first-order chi connectivity index (χ1) is 9.45. The average Bonchev–Trinajstić information content (AvgIpc) is 2.36. The van der Waals surface area contributed by atoms with Crippen molar-refractivity contribution in [3.05, 3.63) is 56.3 Å². The largest absolute Gasteiger partial charge is 0.399 e. The Hall–Kier alpha value is -2.54. The lowest BCUT2D eigenvalue weighted by Crippen LogP contribution is -2.33. The van der Waals surface area contributed by atoms with Crippen molar-refractivity contribution in [1.29, 1.82) is 0 Å². The van der Waals surface area contributed by atoms with Gasteiger partial charge in [0.1, 0.15) is 11.6 Å². The van der Waals surface area contributed by atoms with Gasteiger partial charge in [0, 0.05) is 17.6 Å². The number of nitrogens with zero attached hydrogens (tertiary/aromatic N) is 1. The van der Waals surface area contributed by atoms with E-state index in [9.17, 15) is 14.4 Å². The van der Waals surface area contributed by atoms with Crippen molar-refractivity contribution in [2.75, 3.05) is 11.1 Å². The van der Waals surface area contributed by atoms with Gasteiger partial charge in [-0.2, -0.15) is 0 Å². The van der Waals surface area contributed by atoms with Gasteiger partial charge in [-0.15, -0.1) is 0 Å². The number of aromatic nitrogens is 2. The van der Waals surface area contributed by atoms with Crippen LogP contribution in [0.1, 0.15) is 0 Å². The molecule has 7 nitrogen and oxygen atoms in total. The fraction of sp³-hybridized carbons (Fsp3) is 0.0833. The monoisotopic (exact) mass is 294 g/mol. The number of halogens is 1. The topological polar surface area (TPSA) is 110 Å². The van der Waals surface area contributed by atoms with Crippen molar-refractivity contribution in [3.8, 4) is 0 Å². The highest BCUT2D eigenvalue weighted by Crippen LogP contribution is 2.11. The molecule has 2 aromatic rings. The zero-order valence-corrected chi connectivity index (χ0v) is 11.0. The van der Waals surface area contributed by atoms with Crippen molar-refractivity contribution >= 4 is 28.9 Å². The van der Waals surface area contributed by atoms with Gasteiger partial charge in [0.15, 0.2) is 0 Å². The second kappa shape index (κ2) is 5.62. The molecule has 1 amide bonds. The zero-order chi connectivity index (χ0) is 14.7. The van der Waals surface area contributed by atoms with E-state index in [2.05, 4.69) is 5.32 Å². The Balaban J connectivity index is 2.15. The van der Waals surface area contributed by atoms with E-state index in [0.29, 0.717) is 11.4 Å². The molecule has 20 heavy (non-hydrogen) atoms. The van der Waals surface area contributed by atoms with E-state index in [1.165, 1.54) is 0 Å². The molecule has 0 unspecified atom stereocenters. The summed E-state index contributed by atoms with van der Waals surface area (Å²) in [6.07, 6.45) is 1.11. The van der Waals surface area contributed by atoms with E-state index in [1.807, 2.05) is 4.98 Å². The van der Waals surface area contributed by atoms with E-state index in [0.717, 1.165) is 10.8 Å². The molecule has 0 saturated carbocycles. The Labute approximate surface area is 118 Å². The highest BCUT2D eigenvalue weighted by molar-refractivity contribution is 6.30. The number of nitrogens with two attached hydrogens (primary N) is 1. The lowest BCUT2D eigenvalue weighted by atomic mass is 10.3. The Morgan fingerprint density at radius 2 is 2.15 bits per heavy atom. The summed E-state index contributed by atoms with van der Waals surface area (Å²) < 4.78 is 1.01. The van der Waals surface area contributed by atoms with Crippen molar-refractivity contribution in [3.63, 3.8) is 0 Å². The van der Waals surface area contributed by atoms with Crippen LogP contribution in [0.25, 0.3) is 0 Å². The highest BCUT2D eigenvalue weighted by atomic mass is 35.5. The molecule has 1 aromatic carbocycles. The van der Waals surface area contributed by atoms with E-state index in [-0.39, 0.29) is 11.6 Å². The van der Waals surface area contributed by atoms with E-state index < -0.39 is 17.2 Å². The molecule has 0 saturated heterocycles. The number of rotatable bonds is 3. The number of nitrogen functional groups attached to an aromatic ring is 1. The first kappa shape index (κ1) is 13.9. The van der Waals surface area contributed by atoms with Crippen molar-refractivity contribution in [1.82, 2.24) is 9.55 Å². The van der Waals surface area contributed by atoms with Crippen LogP contribution in [-0.4, -0.2) is 15.5 Å². The van der Waals surface area contributed by atoms with Gasteiger partial charge in [-0.05, 0) is 18.2 Å². The number of carbonyl (C=O) groups is 1. The Morgan fingerprint density at radius 1 is 1.40 bits per heavy atom. The third-order valence-corrected chi connectivity index (χ3v) is 2.72. The van der Waals surface area contributed by atoms with Crippen LogP contribution in [-0.2, 0) is 11.3 Å². The number of H-pyrrole nitrogens is 1. The third kappa shape index (κ3) is 3.27. The fourth-order valence-electron chi connectivity index (χ4n) is 1.57. The predicted molar refractivity (Wildman–Crippen MR) is 75.8 cm³/mol. The van der Waals surface area contributed by atoms with Crippen LogP contribution in [0.5, 0.6) is 0 Å². The maximum Gasteiger partial charge on any atom is 0.328 e.